The van der Waals surface area contributed by atoms with Gasteiger partial charge in [-0.2, -0.15) is 0 Å². The SMILES string of the molecule is CC(C)(C)OC(=O)NCCc1ccc(C(F)F)c2ccccc12. The van der Waals surface area contributed by atoms with Gasteiger partial charge in [-0.1, -0.05) is 36.4 Å². The van der Waals surface area contributed by atoms with Gasteiger partial charge in [0.15, 0.2) is 0 Å². The van der Waals surface area contributed by atoms with Crippen LogP contribution in [0.1, 0.15) is 38.3 Å². The van der Waals surface area contributed by atoms with Gasteiger partial charge in [-0.05, 0) is 43.5 Å². The summed E-state index contributed by atoms with van der Waals surface area (Å²) in [5.41, 5.74) is 0.404. The first kappa shape index (κ1) is 17.2. The highest BCUT2D eigenvalue weighted by Gasteiger charge is 2.16. The van der Waals surface area contributed by atoms with Crippen molar-refractivity contribution in [3.05, 3.63) is 47.5 Å². The molecule has 23 heavy (non-hydrogen) atoms. The molecule has 0 aliphatic rings. The fraction of sp³-hybridized carbons (Fsp3) is 0.389. The Morgan fingerprint density at radius 3 is 2.39 bits per heavy atom. The maximum absolute atomic E-state index is 13.1. The molecule has 0 unspecified atom stereocenters. The minimum atomic E-state index is -2.51. The molecule has 2 aromatic carbocycles. The number of amides is 1. The number of hydrogen-bond acceptors (Lipinski definition) is 2. The van der Waals surface area contributed by atoms with Crippen LogP contribution in [0.15, 0.2) is 36.4 Å². The molecule has 3 nitrogen and oxygen atoms in total. The minimum Gasteiger partial charge on any atom is -0.444 e. The predicted molar refractivity (Wildman–Crippen MR) is 86.8 cm³/mol. The standard InChI is InChI=1S/C18H21F2NO2/c1-18(2,3)23-17(22)21-11-10-12-8-9-15(16(19)20)14-7-5-4-6-13(12)14/h4-9,16H,10-11H2,1-3H3,(H,21,22). The van der Waals surface area contributed by atoms with Crippen molar-refractivity contribution in [3.8, 4) is 0 Å². The van der Waals surface area contributed by atoms with Crippen LogP contribution in [-0.4, -0.2) is 18.2 Å². The predicted octanol–water partition coefficient (Wildman–Crippen LogP) is 4.84. The molecule has 0 aliphatic carbocycles. The van der Waals surface area contributed by atoms with Crippen LogP contribution in [0, 0.1) is 0 Å². The van der Waals surface area contributed by atoms with Crippen molar-refractivity contribution in [3.63, 3.8) is 0 Å². The summed E-state index contributed by atoms with van der Waals surface area (Å²) in [6, 6.07) is 10.2. The van der Waals surface area contributed by atoms with Gasteiger partial charge in [0.25, 0.3) is 6.43 Å². The molecule has 0 radical (unpaired) electrons. The third kappa shape index (κ3) is 4.65. The fourth-order valence-corrected chi connectivity index (χ4v) is 2.41. The number of carbonyl (C=O) groups is 1. The number of benzene rings is 2. The van der Waals surface area contributed by atoms with E-state index in [-0.39, 0.29) is 5.56 Å². The lowest BCUT2D eigenvalue weighted by Crippen LogP contribution is -2.33. The van der Waals surface area contributed by atoms with Crippen LogP contribution < -0.4 is 5.32 Å². The van der Waals surface area contributed by atoms with E-state index in [1.807, 2.05) is 12.1 Å². The third-order valence-corrected chi connectivity index (χ3v) is 3.35. The Balaban J connectivity index is 2.10. The van der Waals surface area contributed by atoms with Crippen LogP contribution in [0.2, 0.25) is 0 Å². The first-order valence-electron chi connectivity index (χ1n) is 7.53. The van der Waals surface area contributed by atoms with Crippen LogP contribution in [0.4, 0.5) is 13.6 Å². The molecule has 124 valence electrons. The Bertz CT molecular complexity index is 693. The average molecular weight is 321 g/mol. The van der Waals surface area contributed by atoms with E-state index in [0.717, 1.165) is 10.9 Å². The van der Waals surface area contributed by atoms with Crippen LogP contribution >= 0.6 is 0 Å². The molecule has 0 aliphatic heterocycles. The number of halogens is 2. The number of nitrogens with one attached hydrogen (secondary N) is 1. The van der Waals surface area contributed by atoms with Crippen molar-refractivity contribution < 1.29 is 18.3 Å². The molecule has 2 rings (SSSR count). The topological polar surface area (TPSA) is 38.3 Å². The largest absolute Gasteiger partial charge is 0.444 e. The van der Waals surface area contributed by atoms with Gasteiger partial charge in [0.2, 0.25) is 0 Å². The lowest BCUT2D eigenvalue weighted by molar-refractivity contribution is 0.0528. The summed E-state index contributed by atoms with van der Waals surface area (Å²) >= 11 is 0. The molecule has 0 saturated carbocycles. The van der Waals surface area contributed by atoms with Crippen LogP contribution in [0.5, 0.6) is 0 Å². The summed E-state index contributed by atoms with van der Waals surface area (Å²) in [4.78, 5) is 11.6. The Morgan fingerprint density at radius 2 is 1.78 bits per heavy atom. The van der Waals surface area contributed by atoms with E-state index in [4.69, 9.17) is 4.74 Å². The smallest absolute Gasteiger partial charge is 0.407 e. The van der Waals surface area contributed by atoms with Gasteiger partial charge < -0.3 is 10.1 Å². The molecule has 0 aromatic heterocycles. The lowest BCUT2D eigenvalue weighted by atomic mass is 9.98. The zero-order chi connectivity index (χ0) is 17.0. The average Bonchev–Trinajstić information content (AvgIpc) is 2.45. The second kappa shape index (κ2) is 6.94. The maximum atomic E-state index is 13.1. The van der Waals surface area contributed by atoms with E-state index < -0.39 is 18.1 Å². The first-order valence-corrected chi connectivity index (χ1v) is 7.53. The number of alkyl halides is 2. The molecule has 0 bridgehead atoms. The Labute approximate surface area is 134 Å². The van der Waals surface area contributed by atoms with Gasteiger partial charge >= 0.3 is 6.09 Å². The van der Waals surface area contributed by atoms with Crippen molar-refractivity contribution in [2.45, 2.75) is 39.2 Å². The fourth-order valence-electron chi connectivity index (χ4n) is 2.41. The monoisotopic (exact) mass is 321 g/mol. The molecule has 1 N–H and O–H groups in total. The maximum Gasteiger partial charge on any atom is 0.407 e. The highest BCUT2D eigenvalue weighted by Crippen LogP contribution is 2.30. The summed E-state index contributed by atoms with van der Waals surface area (Å²) in [6.45, 7) is 5.77. The normalized spacial score (nSPS) is 11.7. The van der Waals surface area contributed by atoms with Gasteiger partial charge in [0.1, 0.15) is 5.60 Å². The molecule has 5 heteroatoms. The van der Waals surface area contributed by atoms with Crippen LogP contribution in [0.3, 0.4) is 0 Å². The Kier molecular flexibility index (Phi) is 5.19. The van der Waals surface area contributed by atoms with Gasteiger partial charge in [-0.15, -0.1) is 0 Å². The number of alkyl carbamates (subject to hydrolysis) is 1. The molecule has 0 atom stereocenters. The molecule has 0 fully saturated rings. The van der Waals surface area contributed by atoms with Gasteiger partial charge in [0.05, 0.1) is 0 Å². The highest BCUT2D eigenvalue weighted by atomic mass is 19.3. The number of rotatable bonds is 4. The van der Waals surface area contributed by atoms with Crippen molar-refractivity contribution in [1.82, 2.24) is 5.32 Å². The first-order chi connectivity index (χ1) is 10.8. The minimum absolute atomic E-state index is 0.0319. The van der Waals surface area contributed by atoms with E-state index in [9.17, 15) is 13.6 Å². The summed E-state index contributed by atoms with van der Waals surface area (Å²) in [5, 5.41) is 4.02. The van der Waals surface area contributed by atoms with Crippen LogP contribution in [-0.2, 0) is 11.2 Å². The van der Waals surface area contributed by atoms with Gasteiger partial charge in [-0.3, -0.25) is 0 Å². The van der Waals surface area contributed by atoms with E-state index in [0.29, 0.717) is 18.4 Å². The van der Waals surface area contributed by atoms with E-state index in [1.54, 1.807) is 39.0 Å². The summed E-state index contributed by atoms with van der Waals surface area (Å²) in [6.07, 6.45) is -2.44. The van der Waals surface area contributed by atoms with Crippen molar-refractivity contribution in [2.24, 2.45) is 0 Å². The van der Waals surface area contributed by atoms with E-state index in [1.165, 1.54) is 6.07 Å². The van der Waals surface area contributed by atoms with E-state index >= 15 is 0 Å². The highest BCUT2D eigenvalue weighted by molar-refractivity contribution is 5.89. The summed E-state index contributed by atoms with van der Waals surface area (Å²) in [7, 11) is 0. The van der Waals surface area contributed by atoms with Crippen molar-refractivity contribution in [2.75, 3.05) is 6.54 Å². The zero-order valence-electron chi connectivity index (χ0n) is 13.5. The molecule has 0 heterocycles. The van der Waals surface area contributed by atoms with Crippen molar-refractivity contribution in [1.29, 1.82) is 0 Å². The molecule has 2 aromatic rings. The Hall–Kier alpha value is -2.17. The molecule has 0 saturated heterocycles. The number of hydrogen-bond donors (Lipinski definition) is 1. The van der Waals surface area contributed by atoms with Crippen molar-refractivity contribution >= 4 is 16.9 Å². The Morgan fingerprint density at radius 1 is 1.13 bits per heavy atom. The molecule has 1 amide bonds. The van der Waals surface area contributed by atoms with Gasteiger partial charge in [-0.25, -0.2) is 13.6 Å². The summed E-state index contributed by atoms with van der Waals surface area (Å²) < 4.78 is 31.3. The molecule has 0 spiro atoms. The third-order valence-electron chi connectivity index (χ3n) is 3.35. The van der Waals surface area contributed by atoms with Gasteiger partial charge in [0, 0.05) is 12.1 Å². The number of fused-ring (bicyclic) bond motifs is 1. The molecular weight excluding hydrogens is 300 g/mol. The van der Waals surface area contributed by atoms with E-state index in [2.05, 4.69) is 5.32 Å². The second-order valence-corrected chi connectivity index (χ2v) is 6.34. The number of carbonyl (C=O) groups excluding carboxylic acids is 1. The lowest BCUT2D eigenvalue weighted by Gasteiger charge is -2.19. The quantitative estimate of drug-likeness (QED) is 0.874. The second-order valence-electron chi connectivity index (χ2n) is 6.34. The van der Waals surface area contributed by atoms with Crippen LogP contribution in [0.25, 0.3) is 10.8 Å². The molecular formula is C18H21F2NO2. The number of ether oxygens (including phenoxy) is 1. The summed E-state index contributed by atoms with van der Waals surface area (Å²) in [5.74, 6) is 0. The zero-order valence-corrected chi connectivity index (χ0v) is 13.5.